The standard InChI is InChI=1S/C8H8O4S.C7H4O2S.C4H8O2.C2H5O.Na/c1-11-7(9)5-3-13-4-6(5)8(10)12-2;8-6-1-7(9)5-3-10-2-4(5)6;1-3-6-4(2)5;1-2-3;/h3-4H,1-2H3;2-3H,1H2;3H2,1-2H3;2H2,1H3;/q;;;-1;+1. The Bertz CT molecular complexity index is 859. The molecule has 0 amide bonds. The van der Waals surface area contributed by atoms with Crippen molar-refractivity contribution < 1.29 is 72.8 Å². The number of thiophene rings is 2. The molecule has 2 heterocycles. The van der Waals surface area contributed by atoms with Gasteiger partial charge in [0, 0.05) is 39.6 Å². The van der Waals surface area contributed by atoms with Crippen LogP contribution in [0.5, 0.6) is 0 Å². The first-order chi connectivity index (χ1) is 15.2. The van der Waals surface area contributed by atoms with E-state index in [1.165, 1.54) is 43.8 Å². The summed E-state index contributed by atoms with van der Waals surface area (Å²) in [5, 5.41) is 15.5. The minimum absolute atomic E-state index is 0. The van der Waals surface area contributed by atoms with E-state index in [-0.39, 0.29) is 71.2 Å². The second-order valence-corrected chi connectivity index (χ2v) is 7.10. The van der Waals surface area contributed by atoms with Crippen molar-refractivity contribution in [3.05, 3.63) is 43.8 Å². The summed E-state index contributed by atoms with van der Waals surface area (Å²) in [4.78, 5) is 53.9. The third-order valence-corrected chi connectivity index (χ3v) is 4.89. The van der Waals surface area contributed by atoms with Gasteiger partial charge in [-0.2, -0.15) is 22.7 Å². The molecule has 0 unspecified atom stereocenters. The first-order valence-corrected chi connectivity index (χ1v) is 11.1. The summed E-state index contributed by atoms with van der Waals surface area (Å²) < 4.78 is 13.4. The summed E-state index contributed by atoms with van der Waals surface area (Å²) in [6.45, 7) is 5.22. The van der Waals surface area contributed by atoms with E-state index in [9.17, 15) is 24.0 Å². The van der Waals surface area contributed by atoms with Gasteiger partial charge in [-0.15, -0.1) is 6.61 Å². The Labute approximate surface area is 222 Å². The number of rotatable bonds is 3. The van der Waals surface area contributed by atoms with Crippen LogP contribution in [-0.2, 0) is 19.0 Å². The number of ketones is 2. The first kappa shape index (κ1) is 33.3. The third-order valence-electron chi connectivity index (χ3n) is 3.40. The predicted octanol–water partition coefficient (Wildman–Crippen LogP) is -0.221. The van der Waals surface area contributed by atoms with Gasteiger partial charge in [-0.05, 0) is 6.92 Å². The van der Waals surface area contributed by atoms with E-state index in [2.05, 4.69) is 14.2 Å². The molecule has 0 saturated carbocycles. The Morgan fingerprint density at radius 3 is 1.52 bits per heavy atom. The zero-order chi connectivity index (χ0) is 24.7. The first-order valence-electron chi connectivity index (χ1n) is 9.25. The number of fused-ring (bicyclic) bond motifs is 1. The van der Waals surface area contributed by atoms with Crippen molar-refractivity contribution in [1.82, 2.24) is 0 Å². The van der Waals surface area contributed by atoms with Crippen molar-refractivity contribution in [2.24, 2.45) is 0 Å². The Morgan fingerprint density at radius 2 is 1.24 bits per heavy atom. The van der Waals surface area contributed by atoms with Crippen LogP contribution in [0.25, 0.3) is 0 Å². The molecule has 0 aliphatic heterocycles. The van der Waals surface area contributed by atoms with Crippen LogP contribution in [0.2, 0.25) is 0 Å². The van der Waals surface area contributed by atoms with Gasteiger partial charge in [0.25, 0.3) is 0 Å². The van der Waals surface area contributed by atoms with E-state index >= 15 is 0 Å². The van der Waals surface area contributed by atoms with Crippen LogP contribution in [0.3, 0.4) is 0 Å². The fraction of sp³-hybridized carbons (Fsp3) is 0.381. The van der Waals surface area contributed by atoms with Crippen molar-refractivity contribution >= 4 is 52.1 Å². The molecule has 0 radical (unpaired) electrons. The van der Waals surface area contributed by atoms with Gasteiger partial charge in [0.1, 0.15) is 0 Å². The number of esters is 3. The van der Waals surface area contributed by atoms with Gasteiger partial charge in [0.2, 0.25) is 0 Å². The molecule has 176 valence electrons. The Balaban J connectivity index is 0. The molecule has 0 spiro atoms. The SMILES string of the molecule is CCOC(C)=O.CC[O-].COC(=O)c1cscc1C(=O)OC.O=C1CC(=O)c2cscc21.[Na+]. The van der Waals surface area contributed by atoms with Crippen LogP contribution < -0.4 is 34.7 Å². The van der Waals surface area contributed by atoms with E-state index in [1.54, 1.807) is 35.4 Å². The number of hydrogen-bond acceptors (Lipinski definition) is 11. The maximum absolute atomic E-state index is 11.1. The fourth-order valence-corrected chi connectivity index (χ4v) is 3.75. The second-order valence-electron chi connectivity index (χ2n) is 5.62. The monoisotopic (exact) mass is 508 g/mol. The normalized spacial score (nSPS) is 10.5. The number of methoxy groups -OCH3 is 2. The molecular weight excluding hydrogens is 483 g/mol. The van der Waals surface area contributed by atoms with Gasteiger partial charge < -0.3 is 19.3 Å². The van der Waals surface area contributed by atoms with E-state index in [1.807, 2.05) is 0 Å². The van der Waals surface area contributed by atoms with Crippen LogP contribution in [0.15, 0.2) is 21.5 Å². The third kappa shape index (κ3) is 11.7. The molecule has 9 nitrogen and oxygen atoms in total. The van der Waals surface area contributed by atoms with Crippen molar-refractivity contribution in [2.45, 2.75) is 27.2 Å². The Morgan fingerprint density at radius 1 is 0.879 bits per heavy atom. The maximum atomic E-state index is 11.1. The number of carbonyl (C=O) groups excluding carboxylic acids is 5. The number of carbonyl (C=O) groups is 5. The zero-order valence-electron chi connectivity index (χ0n) is 19.4. The summed E-state index contributed by atoms with van der Waals surface area (Å²) >= 11 is 2.66. The van der Waals surface area contributed by atoms with Gasteiger partial charge in [-0.3, -0.25) is 14.4 Å². The van der Waals surface area contributed by atoms with Gasteiger partial charge >= 0.3 is 47.5 Å². The van der Waals surface area contributed by atoms with Crippen LogP contribution in [-0.4, -0.2) is 56.9 Å². The molecule has 0 N–H and O–H groups in total. The Hall–Kier alpha value is -1.89. The molecule has 0 aromatic carbocycles. The maximum Gasteiger partial charge on any atom is 1.00 e. The molecule has 3 rings (SSSR count). The van der Waals surface area contributed by atoms with Crippen LogP contribution in [0, 0.1) is 0 Å². The summed E-state index contributed by atoms with van der Waals surface area (Å²) in [5.74, 6) is -1.32. The molecular formula is C21H25NaO9S2. The molecule has 1 aliphatic carbocycles. The van der Waals surface area contributed by atoms with Crippen LogP contribution in [0.1, 0.15) is 68.6 Å². The number of hydrogen-bond donors (Lipinski definition) is 0. The van der Waals surface area contributed by atoms with Gasteiger partial charge in [0.15, 0.2) is 11.6 Å². The minimum atomic E-state index is -0.526. The number of ether oxygens (including phenoxy) is 3. The molecule has 2 aromatic rings. The molecule has 33 heavy (non-hydrogen) atoms. The van der Waals surface area contributed by atoms with Crippen molar-refractivity contribution in [2.75, 3.05) is 27.4 Å². The van der Waals surface area contributed by atoms with E-state index < -0.39 is 11.9 Å². The Kier molecular flexibility index (Phi) is 18.7. The minimum Gasteiger partial charge on any atom is -0.855 e. The smallest absolute Gasteiger partial charge is 0.855 e. The summed E-state index contributed by atoms with van der Waals surface area (Å²) in [6, 6.07) is 0. The van der Waals surface area contributed by atoms with Crippen molar-refractivity contribution in [1.29, 1.82) is 0 Å². The predicted molar refractivity (Wildman–Crippen MR) is 117 cm³/mol. The molecule has 2 aromatic heterocycles. The molecule has 1 aliphatic rings. The molecule has 0 fully saturated rings. The fourth-order valence-electron chi connectivity index (χ4n) is 2.10. The largest absolute Gasteiger partial charge is 1.00 e. The molecule has 0 saturated heterocycles. The molecule has 0 atom stereocenters. The summed E-state index contributed by atoms with van der Waals surface area (Å²) in [5.41, 5.74) is 1.74. The second kappa shape index (κ2) is 18.5. The average molecular weight is 509 g/mol. The van der Waals surface area contributed by atoms with Crippen LogP contribution >= 0.6 is 22.7 Å². The van der Waals surface area contributed by atoms with E-state index in [0.717, 1.165) is 0 Å². The zero-order valence-corrected chi connectivity index (χ0v) is 23.1. The van der Waals surface area contributed by atoms with Gasteiger partial charge in [-0.25, -0.2) is 9.59 Å². The average Bonchev–Trinajstić information content (AvgIpc) is 3.48. The van der Waals surface area contributed by atoms with Crippen LogP contribution in [0.4, 0.5) is 0 Å². The quantitative estimate of drug-likeness (QED) is 0.238. The summed E-state index contributed by atoms with van der Waals surface area (Å²) in [7, 11) is 2.53. The van der Waals surface area contributed by atoms with Crippen molar-refractivity contribution in [3.63, 3.8) is 0 Å². The van der Waals surface area contributed by atoms with E-state index in [0.29, 0.717) is 17.7 Å². The molecule has 0 bridgehead atoms. The number of Topliss-reactive ketones (excluding diaryl/α,β-unsaturated/α-hetero) is 2. The van der Waals surface area contributed by atoms with Gasteiger partial charge in [0.05, 0.1) is 38.4 Å². The topological polar surface area (TPSA) is 136 Å². The molecule has 12 heteroatoms. The van der Waals surface area contributed by atoms with Crippen molar-refractivity contribution in [3.8, 4) is 0 Å². The summed E-state index contributed by atoms with van der Waals surface area (Å²) in [6.07, 6.45) is 0.0816. The van der Waals surface area contributed by atoms with E-state index in [4.69, 9.17) is 5.11 Å². The van der Waals surface area contributed by atoms with Gasteiger partial charge in [-0.1, -0.05) is 6.92 Å².